The summed E-state index contributed by atoms with van der Waals surface area (Å²) in [6.07, 6.45) is 3.79. The SMILES string of the molecule is Cc1nc2ccc(Cl)cc2cc1C(=O)N1CCCCC1CNS(C)(=O)=O. The van der Waals surface area contributed by atoms with Gasteiger partial charge in [-0.25, -0.2) is 13.1 Å². The Bertz CT molecular complexity index is 946. The lowest BCUT2D eigenvalue weighted by Crippen LogP contribution is -2.49. The van der Waals surface area contributed by atoms with Gasteiger partial charge in [0.2, 0.25) is 10.0 Å². The number of likely N-dealkylation sites (tertiary alicyclic amines) is 1. The summed E-state index contributed by atoms with van der Waals surface area (Å²) in [6, 6.07) is 7.06. The van der Waals surface area contributed by atoms with Crippen molar-refractivity contribution in [2.45, 2.75) is 32.2 Å². The average molecular weight is 396 g/mol. The van der Waals surface area contributed by atoms with E-state index in [2.05, 4.69) is 9.71 Å². The monoisotopic (exact) mass is 395 g/mol. The van der Waals surface area contributed by atoms with Gasteiger partial charge in [0.15, 0.2) is 0 Å². The molecular weight excluding hydrogens is 374 g/mol. The lowest BCUT2D eigenvalue weighted by Gasteiger charge is -2.36. The van der Waals surface area contributed by atoms with Gasteiger partial charge in [-0.1, -0.05) is 11.6 Å². The van der Waals surface area contributed by atoms with Crippen molar-refractivity contribution in [3.63, 3.8) is 0 Å². The number of nitrogens with one attached hydrogen (secondary N) is 1. The Hall–Kier alpha value is -1.70. The number of benzene rings is 1. The van der Waals surface area contributed by atoms with E-state index in [1.165, 1.54) is 0 Å². The van der Waals surface area contributed by atoms with Crippen molar-refractivity contribution < 1.29 is 13.2 Å². The Balaban J connectivity index is 1.90. The molecule has 6 nitrogen and oxygen atoms in total. The predicted molar refractivity (Wildman–Crippen MR) is 103 cm³/mol. The van der Waals surface area contributed by atoms with Crippen LogP contribution >= 0.6 is 11.6 Å². The standard InChI is InChI=1S/C18H22ClN3O3S/c1-12-16(10-13-9-14(19)6-7-17(13)21-12)18(23)22-8-4-3-5-15(22)11-20-26(2,24)25/h6-7,9-10,15,20H,3-5,8,11H2,1-2H3. The highest BCUT2D eigenvalue weighted by atomic mass is 35.5. The number of halogens is 1. The Morgan fingerprint density at radius 2 is 2.12 bits per heavy atom. The van der Waals surface area contributed by atoms with Gasteiger partial charge in [-0.15, -0.1) is 0 Å². The molecule has 0 saturated carbocycles. The summed E-state index contributed by atoms with van der Waals surface area (Å²) >= 11 is 6.06. The summed E-state index contributed by atoms with van der Waals surface area (Å²) in [7, 11) is -3.29. The second-order valence-corrected chi connectivity index (χ2v) is 9.00. The predicted octanol–water partition coefficient (Wildman–Crippen LogP) is 2.74. The molecule has 0 aliphatic carbocycles. The molecule has 1 aromatic heterocycles. The van der Waals surface area contributed by atoms with Crippen molar-refractivity contribution in [1.82, 2.24) is 14.6 Å². The number of piperidine rings is 1. The van der Waals surface area contributed by atoms with Crippen LogP contribution in [0.4, 0.5) is 0 Å². The summed E-state index contributed by atoms with van der Waals surface area (Å²) in [5.74, 6) is -0.114. The molecule has 1 atom stereocenters. The van der Waals surface area contributed by atoms with Crippen LogP contribution in [0, 0.1) is 6.92 Å². The minimum absolute atomic E-state index is 0.114. The number of rotatable bonds is 4. The molecular formula is C18H22ClN3O3S. The van der Waals surface area contributed by atoms with Gasteiger partial charge in [0.05, 0.1) is 23.0 Å². The zero-order valence-electron chi connectivity index (χ0n) is 14.8. The number of sulfonamides is 1. The maximum atomic E-state index is 13.2. The number of pyridine rings is 1. The van der Waals surface area contributed by atoms with Crippen molar-refractivity contribution in [2.24, 2.45) is 0 Å². The summed E-state index contributed by atoms with van der Waals surface area (Å²) < 4.78 is 25.4. The molecule has 1 aromatic carbocycles. The summed E-state index contributed by atoms with van der Waals surface area (Å²) in [5, 5.41) is 1.41. The highest BCUT2D eigenvalue weighted by Crippen LogP contribution is 2.24. The summed E-state index contributed by atoms with van der Waals surface area (Å²) in [4.78, 5) is 19.5. The first-order valence-corrected chi connectivity index (χ1v) is 10.8. The molecule has 140 valence electrons. The van der Waals surface area contributed by atoms with Crippen LogP contribution in [0.3, 0.4) is 0 Å². The smallest absolute Gasteiger partial charge is 0.256 e. The third-order valence-electron chi connectivity index (χ3n) is 4.67. The van der Waals surface area contributed by atoms with E-state index in [1.807, 2.05) is 19.1 Å². The van der Waals surface area contributed by atoms with Crippen molar-refractivity contribution in [1.29, 1.82) is 0 Å². The molecule has 0 radical (unpaired) electrons. The molecule has 8 heteroatoms. The van der Waals surface area contributed by atoms with Crippen molar-refractivity contribution in [2.75, 3.05) is 19.3 Å². The van der Waals surface area contributed by atoms with Crippen molar-refractivity contribution >= 4 is 38.4 Å². The Morgan fingerprint density at radius 1 is 1.35 bits per heavy atom. The van der Waals surface area contributed by atoms with E-state index in [0.29, 0.717) is 22.8 Å². The van der Waals surface area contributed by atoms with E-state index in [-0.39, 0.29) is 18.5 Å². The molecule has 2 heterocycles. The van der Waals surface area contributed by atoms with E-state index in [1.54, 1.807) is 17.0 Å². The normalized spacial score (nSPS) is 18.3. The number of fused-ring (bicyclic) bond motifs is 1. The van der Waals surface area contributed by atoms with Gasteiger partial charge < -0.3 is 4.90 Å². The van der Waals surface area contributed by atoms with Crippen LogP contribution in [0.1, 0.15) is 35.3 Å². The number of hydrogen-bond acceptors (Lipinski definition) is 4. The van der Waals surface area contributed by atoms with E-state index in [0.717, 1.165) is 36.4 Å². The van der Waals surface area contributed by atoms with Crippen LogP contribution in [-0.4, -0.2) is 49.6 Å². The third-order valence-corrected chi connectivity index (χ3v) is 5.59. The minimum atomic E-state index is -3.29. The lowest BCUT2D eigenvalue weighted by molar-refractivity contribution is 0.0617. The van der Waals surface area contributed by atoms with Crippen LogP contribution in [0.5, 0.6) is 0 Å². The molecule has 1 saturated heterocycles. The van der Waals surface area contributed by atoms with Gasteiger partial charge in [0, 0.05) is 29.5 Å². The Labute approximate surface area is 158 Å². The number of amides is 1. The molecule has 2 aromatic rings. The second-order valence-electron chi connectivity index (χ2n) is 6.73. The van der Waals surface area contributed by atoms with Gasteiger partial charge in [0.25, 0.3) is 5.91 Å². The van der Waals surface area contributed by atoms with Crippen LogP contribution in [-0.2, 0) is 10.0 Å². The first-order chi connectivity index (χ1) is 12.2. The first-order valence-electron chi connectivity index (χ1n) is 8.57. The van der Waals surface area contributed by atoms with E-state index in [4.69, 9.17) is 11.6 Å². The average Bonchev–Trinajstić information content (AvgIpc) is 2.59. The lowest BCUT2D eigenvalue weighted by atomic mass is 10.00. The van der Waals surface area contributed by atoms with Crippen LogP contribution < -0.4 is 4.72 Å². The summed E-state index contributed by atoms with van der Waals surface area (Å²) in [6.45, 7) is 2.66. The number of nitrogens with zero attached hydrogens (tertiary/aromatic N) is 2. The van der Waals surface area contributed by atoms with Gasteiger partial charge in [-0.05, 0) is 50.5 Å². The van der Waals surface area contributed by atoms with Crippen molar-refractivity contribution in [3.05, 3.63) is 40.5 Å². The first kappa shape index (κ1) is 19.1. The number of carbonyl (C=O) groups is 1. The molecule has 0 bridgehead atoms. The highest BCUT2D eigenvalue weighted by molar-refractivity contribution is 7.88. The quantitative estimate of drug-likeness (QED) is 0.863. The molecule has 3 rings (SSSR count). The van der Waals surface area contributed by atoms with E-state index < -0.39 is 10.0 Å². The van der Waals surface area contributed by atoms with Crippen LogP contribution in [0.15, 0.2) is 24.3 Å². The molecule has 1 aliphatic heterocycles. The van der Waals surface area contributed by atoms with Gasteiger partial charge in [-0.2, -0.15) is 0 Å². The maximum absolute atomic E-state index is 13.2. The number of aromatic nitrogens is 1. The maximum Gasteiger partial charge on any atom is 0.256 e. The molecule has 0 spiro atoms. The Kier molecular flexibility index (Phi) is 5.50. The van der Waals surface area contributed by atoms with Crippen molar-refractivity contribution in [3.8, 4) is 0 Å². The van der Waals surface area contributed by atoms with E-state index in [9.17, 15) is 13.2 Å². The highest BCUT2D eigenvalue weighted by Gasteiger charge is 2.29. The molecule has 1 N–H and O–H groups in total. The zero-order chi connectivity index (χ0) is 18.9. The molecule has 1 amide bonds. The second kappa shape index (κ2) is 7.50. The molecule has 26 heavy (non-hydrogen) atoms. The molecule has 1 aliphatic rings. The minimum Gasteiger partial charge on any atom is -0.334 e. The van der Waals surface area contributed by atoms with Gasteiger partial charge in [-0.3, -0.25) is 9.78 Å². The fourth-order valence-electron chi connectivity index (χ4n) is 3.34. The topological polar surface area (TPSA) is 79.4 Å². The van der Waals surface area contributed by atoms with Gasteiger partial charge >= 0.3 is 0 Å². The molecule has 1 fully saturated rings. The fourth-order valence-corrected chi connectivity index (χ4v) is 4.02. The summed E-state index contributed by atoms with van der Waals surface area (Å²) in [5.41, 5.74) is 1.98. The number of aryl methyl sites for hydroxylation is 1. The molecule has 1 unspecified atom stereocenters. The Morgan fingerprint density at radius 3 is 2.85 bits per heavy atom. The largest absolute Gasteiger partial charge is 0.334 e. The van der Waals surface area contributed by atoms with Crippen LogP contribution in [0.25, 0.3) is 10.9 Å². The third kappa shape index (κ3) is 4.34. The fraction of sp³-hybridized carbons (Fsp3) is 0.444. The zero-order valence-corrected chi connectivity index (χ0v) is 16.4. The number of carbonyl (C=O) groups excluding carboxylic acids is 1. The van der Waals surface area contributed by atoms with E-state index >= 15 is 0 Å². The van der Waals surface area contributed by atoms with Gasteiger partial charge in [0.1, 0.15) is 0 Å². The van der Waals surface area contributed by atoms with Crippen LogP contribution in [0.2, 0.25) is 5.02 Å². The number of hydrogen-bond donors (Lipinski definition) is 1.